The second kappa shape index (κ2) is 7.53. The number of aliphatic carboxylic acids is 1. The first-order chi connectivity index (χ1) is 10.8. The van der Waals surface area contributed by atoms with Crippen LogP contribution in [0.5, 0.6) is 5.88 Å². The van der Waals surface area contributed by atoms with Gasteiger partial charge in [0.2, 0.25) is 5.88 Å². The van der Waals surface area contributed by atoms with Crippen molar-refractivity contribution in [1.29, 1.82) is 0 Å². The van der Waals surface area contributed by atoms with Gasteiger partial charge in [-0.05, 0) is 37.6 Å². The number of ether oxygens (including phenoxy) is 1. The number of hydrogen-bond acceptors (Lipinski definition) is 3. The van der Waals surface area contributed by atoms with Crippen LogP contribution in [0.4, 0.5) is 0 Å². The van der Waals surface area contributed by atoms with Crippen LogP contribution >= 0.6 is 23.2 Å². The van der Waals surface area contributed by atoms with Crippen molar-refractivity contribution in [2.75, 3.05) is 0 Å². The maximum Gasteiger partial charge on any atom is 0.328 e. The van der Waals surface area contributed by atoms with Crippen LogP contribution in [0.3, 0.4) is 0 Å². The summed E-state index contributed by atoms with van der Waals surface area (Å²) >= 11 is 12.1. The van der Waals surface area contributed by atoms with Crippen molar-refractivity contribution in [3.8, 4) is 5.88 Å². The molecule has 122 valence electrons. The number of benzene rings is 1. The van der Waals surface area contributed by atoms with Gasteiger partial charge >= 0.3 is 5.97 Å². The Labute approximate surface area is 144 Å². The van der Waals surface area contributed by atoms with Gasteiger partial charge in [-0.3, -0.25) is 4.68 Å². The van der Waals surface area contributed by atoms with Gasteiger partial charge in [-0.1, -0.05) is 29.3 Å². The highest BCUT2D eigenvalue weighted by molar-refractivity contribution is 6.35. The van der Waals surface area contributed by atoms with Gasteiger partial charge in [0.15, 0.2) is 0 Å². The van der Waals surface area contributed by atoms with E-state index in [4.69, 9.17) is 33.0 Å². The molecule has 0 unspecified atom stereocenters. The largest absolute Gasteiger partial charge is 0.478 e. The molecular formula is C16H16Cl2N2O3. The zero-order valence-electron chi connectivity index (χ0n) is 12.7. The Morgan fingerprint density at radius 1 is 1.39 bits per heavy atom. The SMILES string of the molecule is CC(C)Oc1cc(/C=C/C(=O)O)n(Cc2ccc(Cl)cc2Cl)n1. The Hall–Kier alpha value is -1.98. The number of carbonyl (C=O) groups is 1. The van der Waals surface area contributed by atoms with Crippen molar-refractivity contribution >= 4 is 35.2 Å². The molecular weight excluding hydrogens is 339 g/mol. The predicted molar refractivity (Wildman–Crippen MR) is 90.2 cm³/mol. The first-order valence-electron chi connectivity index (χ1n) is 6.94. The summed E-state index contributed by atoms with van der Waals surface area (Å²) in [6, 6.07) is 6.88. The zero-order valence-corrected chi connectivity index (χ0v) is 14.2. The summed E-state index contributed by atoms with van der Waals surface area (Å²) in [6.07, 6.45) is 2.48. The van der Waals surface area contributed by atoms with Gasteiger partial charge in [0.05, 0.1) is 18.3 Å². The molecule has 0 saturated carbocycles. The lowest BCUT2D eigenvalue weighted by Gasteiger charge is -2.08. The van der Waals surface area contributed by atoms with Gasteiger partial charge in [-0.15, -0.1) is 5.10 Å². The lowest BCUT2D eigenvalue weighted by atomic mass is 10.2. The Morgan fingerprint density at radius 3 is 2.74 bits per heavy atom. The number of hydrogen-bond donors (Lipinski definition) is 1. The number of halogens is 2. The van der Waals surface area contributed by atoms with E-state index in [2.05, 4.69) is 5.10 Å². The summed E-state index contributed by atoms with van der Waals surface area (Å²) in [6.45, 7) is 4.15. The Morgan fingerprint density at radius 2 is 2.13 bits per heavy atom. The molecule has 7 heteroatoms. The molecule has 2 rings (SSSR count). The van der Waals surface area contributed by atoms with Gasteiger partial charge in [0.1, 0.15) is 0 Å². The normalized spacial score (nSPS) is 11.3. The summed E-state index contributed by atoms with van der Waals surface area (Å²) in [4.78, 5) is 10.7. The van der Waals surface area contributed by atoms with Crippen LogP contribution in [0.25, 0.3) is 6.08 Å². The van der Waals surface area contributed by atoms with Crippen LogP contribution < -0.4 is 4.74 Å². The van der Waals surface area contributed by atoms with Crippen molar-refractivity contribution in [3.63, 3.8) is 0 Å². The first-order valence-corrected chi connectivity index (χ1v) is 7.70. The number of rotatable bonds is 6. The molecule has 0 aliphatic heterocycles. The van der Waals surface area contributed by atoms with Crippen molar-refractivity contribution < 1.29 is 14.6 Å². The maximum absolute atomic E-state index is 10.7. The van der Waals surface area contributed by atoms with Crippen LogP contribution in [-0.4, -0.2) is 27.0 Å². The molecule has 0 bridgehead atoms. The van der Waals surface area contributed by atoms with Crippen LogP contribution in [0, 0.1) is 0 Å². The van der Waals surface area contributed by atoms with Crippen LogP contribution in [0.1, 0.15) is 25.1 Å². The van der Waals surface area contributed by atoms with E-state index in [1.54, 1.807) is 28.9 Å². The number of aromatic nitrogens is 2. The fourth-order valence-electron chi connectivity index (χ4n) is 1.93. The number of nitrogens with zero attached hydrogens (tertiary/aromatic N) is 2. The molecule has 0 atom stereocenters. The third kappa shape index (κ3) is 5.01. The number of carboxylic acid groups (broad SMARTS) is 1. The smallest absolute Gasteiger partial charge is 0.328 e. The molecule has 23 heavy (non-hydrogen) atoms. The van der Waals surface area contributed by atoms with Gasteiger partial charge in [0.25, 0.3) is 0 Å². The first kappa shape index (κ1) is 17.4. The second-order valence-electron chi connectivity index (χ2n) is 5.14. The summed E-state index contributed by atoms with van der Waals surface area (Å²) in [7, 11) is 0. The van der Waals surface area contributed by atoms with Crippen molar-refractivity contribution in [1.82, 2.24) is 9.78 Å². The Bertz CT molecular complexity index is 739. The maximum atomic E-state index is 10.7. The summed E-state index contributed by atoms with van der Waals surface area (Å²) < 4.78 is 7.19. The van der Waals surface area contributed by atoms with Gasteiger partial charge in [0, 0.05) is 22.2 Å². The summed E-state index contributed by atoms with van der Waals surface area (Å²) in [5.41, 5.74) is 1.43. The second-order valence-corrected chi connectivity index (χ2v) is 5.98. The fourth-order valence-corrected chi connectivity index (χ4v) is 2.40. The molecule has 0 spiro atoms. The molecule has 0 radical (unpaired) electrons. The minimum Gasteiger partial charge on any atom is -0.478 e. The highest BCUT2D eigenvalue weighted by Crippen LogP contribution is 2.23. The molecule has 1 aromatic heterocycles. The fraction of sp³-hybridized carbons (Fsp3) is 0.250. The molecule has 0 aliphatic carbocycles. The van der Waals surface area contributed by atoms with E-state index in [1.165, 1.54) is 6.08 Å². The summed E-state index contributed by atoms with van der Waals surface area (Å²) in [5, 5.41) is 14.2. The zero-order chi connectivity index (χ0) is 17.0. The van der Waals surface area contributed by atoms with Crippen LogP contribution in [0.2, 0.25) is 10.0 Å². The van der Waals surface area contributed by atoms with E-state index in [0.717, 1.165) is 11.6 Å². The van der Waals surface area contributed by atoms with Crippen molar-refractivity contribution in [3.05, 3.63) is 51.6 Å². The van der Waals surface area contributed by atoms with E-state index in [1.807, 2.05) is 13.8 Å². The Kier molecular flexibility index (Phi) is 5.69. The van der Waals surface area contributed by atoms with Crippen molar-refractivity contribution in [2.24, 2.45) is 0 Å². The van der Waals surface area contributed by atoms with E-state index < -0.39 is 5.97 Å². The van der Waals surface area contributed by atoms with E-state index in [0.29, 0.717) is 28.2 Å². The molecule has 1 N–H and O–H groups in total. The standard InChI is InChI=1S/C16H16Cl2N2O3/c1-10(2)23-15-8-13(5-6-16(21)22)20(19-15)9-11-3-4-12(17)7-14(11)18/h3-8,10H,9H2,1-2H3,(H,21,22)/b6-5+. The molecule has 0 fully saturated rings. The quantitative estimate of drug-likeness (QED) is 0.792. The molecule has 0 aliphatic rings. The van der Waals surface area contributed by atoms with E-state index >= 15 is 0 Å². The minimum absolute atomic E-state index is 0.0335. The third-order valence-corrected chi connectivity index (χ3v) is 3.46. The van der Waals surface area contributed by atoms with Gasteiger partial charge < -0.3 is 9.84 Å². The molecule has 0 saturated heterocycles. The average molecular weight is 355 g/mol. The molecule has 2 aromatic rings. The Balaban J connectivity index is 2.34. The minimum atomic E-state index is -1.03. The van der Waals surface area contributed by atoms with E-state index in [9.17, 15) is 4.79 Å². The van der Waals surface area contributed by atoms with Crippen LogP contribution in [-0.2, 0) is 11.3 Å². The lowest BCUT2D eigenvalue weighted by molar-refractivity contribution is -0.131. The molecule has 1 heterocycles. The molecule has 0 amide bonds. The topological polar surface area (TPSA) is 64.3 Å². The molecule has 1 aromatic carbocycles. The van der Waals surface area contributed by atoms with Gasteiger partial charge in [-0.25, -0.2) is 4.79 Å². The summed E-state index contributed by atoms with van der Waals surface area (Å²) in [5.74, 6) is -0.608. The van der Waals surface area contributed by atoms with Gasteiger partial charge in [-0.2, -0.15) is 0 Å². The average Bonchev–Trinajstić information content (AvgIpc) is 2.80. The third-order valence-electron chi connectivity index (χ3n) is 2.88. The monoisotopic (exact) mass is 354 g/mol. The van der Waals surface area contributed by atoms with E-state index in [-0.39, 0.29) is 6.10 Å². The van der Waals surface area contributed by atoms with Crippen LogP contribution in [0.15, 0.2) is 30.3 Å². The lowest BCUT2D eigenvalue weighted by Crippen LogP contribution is -2.08. The number of carboxylic acids is 1. The predicted octanol–water partition coefficient (Wildman–Crippen LogP) is 4.12. The highest BCUT2D eigenvalue weighted by Gasteiger charge is 2.11. The molecule has 5 nitrogen and oxygen atoms in total. The highest BCUT2D eigenvalue weighted by atomic mass is 35.5. The van der Waals surface area contributed by atoms with Crippen molar-refractivity contribution in [2.45, 2.75) is 26.5 Å².